The molecule has 168 valence electrons. The number of rotatable bonds is 6. The number of nitrogens with one attached hydrogen (secondary N) is 1. The molecule has 1 aromatic carbocycles. The monoisotopic (exact) mass is 464 g/mol. The molecule has 4 rings (SSSR count). The lowest BCUT2D eigenvalue weighted by Gasteiger charge is -2.22. The number of hydrogen-bond donors (Lipinski definition) is 1. The van der Waals surface area contributed by atoms with Crippen molar-refractivity contribution in [3.8, 4) is 0 Å². The van der Waals surface area contributed by atoms with Crippen molar-refractivity contribution in [2.45, 2.75) is 37.2 Å². The Morgan fingerprint density at radius 3 is 2.68 bits per heavy atom. The number of aryl methyl sites for hydroxylation is 1. The summed E-state index contributed by atoms with van der Waals surface area (Å²) in [5.41, 5.74) is 1.51. The van der Waals surface area contributed by atoms with Gasteiger partial charge in [0.05, 0.1) is 16.7 Å². The van der Waals surface area contributed by atoms with Crippen LogP contribution in [0.2, 0.25) is 0 Å². The van der Waals surface area contributed by atoms with Gasteiger partial charge in [-0.25, -0.2) is 18.1 Å². The van der Waals surface area contributed by atoms with E-state index < -0.39 is 10.0 Å². The van der Waals surface area contributed by atoms with Gasteiger partial charge >= 0.3 is 0 Å². The van der Waals surface area contributed by atoms with Crippen LogP contribution in [0.3, 0.4) is 0 Å². The molecule has 0 bridgehead atoms. The standard InChI is InChI=1S/C21H28N4O4S2/c1-16-15-30-21(23-16)25-10-3-9-24(11-12-25)20(26)17-5-7-19(8-6-17)31(27,28)22-14-18-4-2-13-29-18/h5-8,15,18,22H,2-4,9-14H2,1H3. The quantitative estimate of drug-likeness (QED) is 0.705. The topological polar surface area (TPSA) is 91.8 Å². The van der Waals surface area contributed by atoms with Gasteiger partial charge in [-0.1, -0.05) is 0 Å². The van der Waals surface area contributed by atoms with Gasteiger partial charge in [-0.15, -0.1) is 11.3 Å². The molecular weight excluding hydrogens is 436 g/mol. The third kappa shape index (κ3) is 5.43. The largest absolute Gasteiger partial charge is 0.377 e. The molecule has 1 aromatic heterocycles. The number of amides is 1. The maximum Gasteiger partial charge on any atom is 0.253 e. The lowest BCUT2D eigenvalue weighted by molar-refractivity contribution is 0.0767. The highest BCUT2D eigenvalue weighted by Gasteiger charge is 2.23. The fourth-order valence-electron chi connectivity index (χ4n) is 3.85. The molecule has 2 aromatic rings. The van der Waals surface area contributed by atoms with Crippen LogP contribution in [0.15, 0.2) is 34.5 Å². The fourth-order valence-corrected chi connectivity index (χ4v) is 5.77. The van der Waals surface area contributed by atoms with Crippen LogP contribution in [0.25, 0.3) is 0 Å². The number of anilines is 1. The molecule has 0 saturated carbocycles. The number of benzene rings is 1. The third-order valence-corrected chi connectivity index (χ3v) is 8.06. The van der Waals surface area contributed by atoms with Crippen molar-refractivity contribution in [3.63, 3.8) is 0 Å². The Hall–Kier alpha value is -2.01. The summed E-state index contributed by atoms with van der Waals surface area (Å²) in [5, 5.41) is 3.03. The molecule has 2 aliphatic rings. The van der Waals surface area contributed by atoms with E-state index in [1.54, 1.807) is 23.5 Å². The molecule has 2 saturated heterocycles. The van der Waals surface area contributed by atoms with Gasteiger partial charge in [-0.3, -0.25) is 4.79 Å². The summed E-state index contributed by atoms with van der Waals surface area (Å²) < 4.78 is 33.1. The molecule has 1 atom stereocenters. The van der Waals surface area contributed by atoms with Gasteiger partial charge in [0.15, 0.2) is 5.13 Å². The maximum absolute atomic E-state index is 13.0. The van der Waals surface area contributed by atoms with Gasteiger partial charge in [0, 0.05) is 50.3 Å². The zero-order valence-electron chi connectivity index (χ0n) is 17.6. The summed E-state index contributed by atoms with van der Waals surface area (Å²) in [4.78, 5) is 21.7. The first-order chi connectivity index (χ1) is 14.9. The number of nitrogens with zero attached hydrogens (tertiary/aromatic N) is 3. The highest BCUT2D eigenvalue weighted by molar-refractivity contribution is 7.89. The Morgan fingerprint density at radius 2 is 2.00 bits per heavy atom. The average molecular weight is 465 g/mol. The summed E-state index contributed by atoms with van der Waals surface area (Å²) >= 11 is 1.63. The molecule has 31 heavy (non-hydrogen) atoms. The van der Waals surface area contributed by atoms with E-state index in [1.807, 2.05) is 17.2 Å². The number of aromatic nitrogens is 1. The van der Waals surface area contributed by atoms with Crippen LogP contribution in [-0.4, -0.2) is 69.6 Å². The van der Waals surface area contributed by atoms with Gasteiger partial charge in [-0.2, -0.15) is 0 Å². The Bertz CT molecular complexity index is 1000. The summed E-state index contributed by atoms with van der Waals surface area (Å²) in [5.74, 6) is -0.0755. The van der Waals surface area contributed by atoms with E-state index in [2.05, 4.69) is 14.6 Å². The van der Waals surface area contributed by atoms with Crippen molar-refractivity contribution >= 4 is 32.4 Å². The molecule has 2 fully saturated rings. The molecule has 1 unspecified atom stereocenters. The number of carbonyl (C=O) groups is 1. The number of hydrogen-bond acceptors (Lipinski definition) is 7. The molecule has 10 heteroatoms. The van der Waals surface area contributed by atoms with Crippen LogP contribution in [0, 0.1) is 6.92 Å². The van der Waals surface area contributed by atoms with Gasteiger partial charge in [0.1, 0.15) is 0 Å². The summed E-state index contributed by atoms with van der Waals surface area (Å²) in [6.45, 7) is 5.81. The molecule has 3 heterocycles. The van der Waals surface area contributed by atoms with E-state index in [9.17, 15) is 13.2 Å². The van der Waals surface area contributed by atoms with Crippen LogP contribution >= 0.6 is 11.3 Å². The van der Waals surface area contributed by atoms with E-state index in [1.165, 1.54) is 12.1 Å². The zero-order valence-corrected chi connectivity index (χ0v) is 19.3. The zero-order chi connectivity index (χ0) is 21.8. The van der Waals surface area contributed by atoms with E-state index in [-0.39, 0.29) is 23.5 Å². The van der Waals surface area contributed by atoms with Crippen molar-refractivity contribution in [3.05, 3.63) is 40.9 Å². The minimum absolute atomic E-state index is 0.0634. The van der Waals surface area contributed by atoms with Crippen LogP contribution in [0.1, 0.15) is 35.3 Å². The van der Waals surface area contributed by atoms with Crippen molar-refractivity contribution < 1.29 is 17.9 Å². The second-order valence-electron chi connectivity index (χ2n) is 7.92. The maximum atomic E-state index is 13.0. The van der Waals surface area contributed by atoms with Gasteiger partial charge in [0.25, 0.3) is 5.91 Å². The highest BCUT2D eigenvalue weighted by atomic mass is 32.2. The molecule has 0 radical (unpaired) electrons. The molecule has 2 aliphatic heterocycles. The molecule has 1 N–H and O–H groups in total. The lowest BCUT2D eigenvalue weighted by Crippen LogP contribution is -2.35. The normalized spacial score (nSPS) is 20.1. The predicted molar refractivity (Wildman–Crippen MR) is 120 cm³/mol. The first kappa shape index (κ1) is 22.2. The van der Waals surface area contributed by atoms with Crippen LogP contribution in [0.5, 0.6) is 0 Å². The van der Waals surface area contributed by atoms with E-state index in [4.69, 9.17) is 4.74 Å². The van der Waals surface area contributed by atoms with E-state index in [0.29, 0.717) is 25.3 Å². The minimum Gasteiger partial charge on any atom is -0.377 e. The lowest BCUT2D eigenvalue weighted by atomic mass is 10.2. The number of thiazole rings is 1. The van der Waals surface area contributed by atoms with Crippen molar-refractivity contribution in [1.29, 1.82) is 0 Å². The average Bonchev–Trinajstić information content (AvgIpc) is 3.38. The fraction of sp³-hybridized carbons (Fsp3) is 0.524. The number of ether oxygens (including phenoxy) is 1. The Morgan fingerprint density at radius 1 is 1.19 bits per heavy atom. The Labute approximate surface area is 187 Å². The first-order valence-electron chi connectivity index (χ1n) is 10.6. The minimum atomic E-state index is -3.62. The van der Waals surface area contributed by atoms with Crippen LogP contribution in [0.4, 0.5) is 5.13 Å². The highest BCUT2D eigenvalue weighted by Crippen LogP contribution is 2.22. The predicted octanol–water partition coefficient (Wildman–Crippen LogP) is 2.26. The summed E-state index contributed by atoms with van der Waals surface area (Å²) in [6, 6.07) is 6.17. The number of carbonyl (C=O) groups excluding carboxylic acids is 1. The van der Waals surface area contributed by atoms with Gasteiger partial charge < -0.3 is 14.5 Å². The molecule has 0 aliphatic carbocycles. The van der Waals surface area contributed by atoms with E-state index >= 15 is 0 Å². The second-order valence-corrected chi connectivity index (χ2v) is 10.5. The summed E-state index contributed by atoms with van der Waals surface area (Å²) in [6.07, 6.45) is 2.63. The van der Waals surface area contributed by atoms with E-state index in [0.717, 1.165) is 43.2 Å². The second kappa shape index (κ2) is 9.64. The smallest absolute Gasteiger partial charge is 0.253 e. The van der Waals surface area contributed by atoms with Crippen molar-refractivity contribution in [2.75, 3.05) is 44.2 Å². The van der Waals surface area contributed by atoms with Crippen molar-refractivity contribution in [1.82, 2.24) is 14.6 Å². The van der Waals surface area contributed by atoms with Crippen LogP contribution < -0.4 is 9.62 Å². The third-order valence-electron chi connectivity index (χ3n) is 5.60. The molecule has 8 nitrogen and oxygen atoms in total. The Balaban J connectivity index is 1.36. The molecule has 1 amide bonds. The van der Waals surface area contributed by atoms with Gasteiger partial charge in [0.2, 0.25) is 10.0 Å². The molecular formula is C21H28N4O4S2. The molecule has 0 spiro atoms. The number of sulfonamides is 1. The Kier molecular flexibility index (Phi) is 6.90. The van der Waals surface area contributed by atoms with Crippen LogP contribution in [-0.2, 0) is 14.8 Å². The van der Waals surface area contributed by atoms with Gasteiger partial charge in [-0.05, 0) is 50.5 Å². The first-order valence-corrected chi connectivity index (χ1v) is 13.0. The summed E-state index contributed by atoms with van der Waals surface area (Å²) in [7, 11) is -3.62. The SMILES string of the molecule is Cc1csc(N2CCCN(C(=O)c3ccc(S(=O)(=O)NCC4CCCO4)cc3)CC2)n1. The van der Waals surface area contributed by atoms with Crippen molar-refractivity contribution in [2.24, 2.45) is 0 Å².